The number of methoxy groups -OCH3 is 3. The smallest absolute Gasteiger partial charge is 0.255 e. The maximum absolute atomic E-state index is 12.9. The van der Waals surface area contributed by atoms with Crippen LogP contribution in [0.15, 0.2) is 42.6 Å². The maximum atomic E-state index is 12.9. The van der Waals surface area contributed by atoms with Crippen molar-refractivity contribution >= 4 is 34.7 Å². The molecule has 10 nitrogen and oxygen atoms in total. The third-order valence-corrected chi connectivity index (χ3v) is 5.14. The van der Waals surface area contributed by atoms with Gasteiger partial charge in [0.15, 0.2) is 17.3 Å². The molecule has 0 saturated heterocycles. The van der Waals surface area contributed by atoms with Gasteiger partial charge in [0.05, 0.1) is 43.7 Å². The zero-order valence-electron chi connectivity index (χ0n) is 18.6. The lowest BCUT2D eigenvalue weighted by Gasteiger charge is -2.14. The Hall–Kier alpha value is -4.47. The number of hydrogen-bond donors (Lipinski definition) is 3. The Bertz CT molecular complexity index is 1320. The second kappa shape index (κ2) is 8.95. The molecule has 0 unspecified atom stereocenters. The number of nitrogens with one attached hydrogen (secondary N) is 3. The van der Waals surface area contributed by atoms with E-state index in [0.29, 0.717) is 57.5 Å². The zero-order valence-corrected chi connectivity index (χ0v) is 18.6. The molecule has 33 heavy (non-hydrogen) atoms. The monoisotopic (exact) mass is 449 g/mol. The summed E-state index contributed by atoms with van der Waals surface area (Å²) in [6.45, 7) is 0. The van der Waals surface area contributed by atoms with E-state index >= 15 is 0 Å². The highest BCUT2D eigenvalue weighted by molar-refractivity contribution is 6.06. The molecule has 0 aliphatic carbocycles. The average Bonchev–Trinajstić information content (AvgIpc) is 3.40. The molecular weight excluding hydrogens is 426 g/mol. The number of ether oxygens (including phenoxy) is 3. The average molecular weight is 449 g/mol. The van der Waals surface area contributed by atoms with Gasteiger partial charge in [-0.3, -0.25) is 9.59 Å². The fraction of sp³-hybridized carbons (Fsp3) is 0.174. The van der Waals surface area contributed by atoms with Gasteiger partial charge in [-0.2, -0.15) is 0 Å². The van der Waals surface area contributed by atoms with Crippen molar-refractivity contribution in [3.8, 4) is 28.8 Å². The Balaban J connectivity index is 1.62. The van der Waals surface area contributed by atoms with Crippen molar-refractivity contribution in [3.63, 3.8) is 0 Å². The summed E-state index contributed by atoms with van der Waals surface area (Å²) in [4.78, 5) is 31.4. The zero-order chi connectivity index (χ0) is 23.5. The summed E-state index contributed by atoms with van der Waals surface area (Å²) in [5.74, 6) is 1.63. The van der Waals surface area contributed by atoms with Crippen molar-refractivity contribution in [3.05, 3.63) is 48.2 Å². The number of H-pyrrole nitrogens is 1. The van der Waals surface area contributed by atoms with Crippen molar-refractivity contribution < 1.29 is 23.8 Å². The van der Waals surface area contributed by atoms with Gasteiger partial charge in [-0.1, -0.05) is 0 Å². The van der Waals surface area contributed by atoms with Crippen LogP contribution in [0.3, 0.4) is 0 Å². The van der Waals surface area contributed by atoms with Crippen LogP contribution >= 0.6 is 0 Å². The summed E-state index contributed by atoms with van der Waals surface area (Å²) in [7, 11) is 6.39. The number of rotatable bonds is 8. The van der Waals surface area contributed by atoms with Crippen molar-refractivity contribution in [2.75, 3.05) is 32.0 Å². The Morgan fingerprint density at radius 3 is 2.39 bits per heavy atom. The lowest BCUT2D eigenvalue weighted by atomic mass is 10.1. The quantitative estimate of drug-likeness (QED) is 0.355. The van der Waals surface area contributed by atoms with Gasteiger partial charge >= 0.3 is 0 Å². The number of aryl methyl sites for hydroxylation is 1. The third-order valence-electron chi connectivity index (χ3n) is 5.14. The molecule has 2 amide bonds. The van der Waals surface area contributed by atoms with Gasteiger partial charge in [0.25, 0.3) is 5.91 Å². The van der Waals surface area contributed by atoms with Crippen LogP contribution in [0.25, 0.3) is 22.6 Å². The van der Waals surface area contributed by atoms with Crippen molar-refractivity contribution in [2.24, 2.45) is 7.05 Å². The first kappa shape index (κ1) is 21.8. The second-order valence-electron chi connectivity index (χ2n) is 7.17. The second-order valence-corrected chi connectivity index (χ2v) is 7.17. The van der Waals surface area contributed by atoms with E-state index in [2.05, 4.69) is 20.6 Å². The lowest BCUT2D eigenvalue weighted by Crippen LogP contribution is -2.12. The molecule has 0 saturated carbocycles. The minimum absolute atomic E-state index is 0.307. The molecule has 170 valence electrons. The predicted molar refractivity (Wildman–Crippen MR) is 124 cm³/mol. The number of hydrogen-bond acceptors (Lipinski definition) is 6. The van der Waals surface area contributed by atoms with Crippen LogP contribution in [-0.4, -0.2) is 48.2 Å². The highest BCUT2D eigenvalue weighted by Gasteiger charge is 2.16. The number of amides is 2. The predicted octanol–water partition coefficient (Wildman–Crippen LogP) is 3.41. The standard InChI is InChI=1S/C23H23N5O5/c1-28-11-15(24-12-29)8-18(28)22-26-16-6-5-13(7-17(16)27-22)23(30)25-14-9-19(31-2)21(33-4)20(10-14)32-3/h5-12H,1-4H3,(H,24,29)(H,25,30)(H,26,27). The molecule has 0 atom stereocenters. The van der Waals surface area contributed by atoms with Crippen LogP contribution in [0.5, 0.6) is 17.2 Å². The SMILES string of the molecule is COc1cc(NC(=O)c2ccc3nc(-c4cc(NC=O)cn4C)[nH]c3c2)cc(OC)c1OC. The third kappa shape index (κ3) is 4.18. The minimum Gasteiger partial charge on any atom is -0.493 e. The Morgan fingerprint density at radius 1 is 1.03 bits per heavy atom. The molecule has 0 radical (unpaired) electrons. The van der Waals surface area contributed by atoms with Gasteiger partial charge in [0.1, 0.15) is 0 Å². The summed E-state index contributed by atoms with van der Waals surface area (Å²) in [6, 6.07) is 10.3. The van der Waals surface area contributed by atoms with E-state index in [9.17, 15) is 9.59 Å². The Kier molecular flexibility index (Phi) is 5.90. The molecule has 2 aromatic carbocycles. The molecule has 0 spiro atoms. The number of nitrogens with zero attached hydrogens (tertiary/aromatic N) is 2. The number of aromatic nitrogens is 3. The van der Waals surface area contributed by atoms with Crippen LogP contribution < -0.4 is 24.8 Å². The van der Waals surface area contributed by atoms with Crippen LogP contribution in [0, 0.1) is 0 Å². The number of aromatic amines is 1. The molecule has 3 N–H and O–H groups in total. The van der Waals surface area contributed by atoms with Gasteiger partial charge in [0, 0.05) is 36.6 Å². The highest BCUT2D eigenvalue weighted by Crippen LogP contribution is 2.40. The molecule has 0 aliphatic heterocycles. The fourth-order valence-corrected chi connectivity index (χ4v) is 3.58. The first-order valence-corrected chi connectivity index (χ1v) is 9.95. The van der Waals surface area contributed by atoms with Gasteiger partial charge < -0.3 is 34.4 Å². The van der Waals surface area contributed by atoms with Crippen molar-refractivity contribution in [2.45, 2.75) is 0 Å². The minimum atomic E-state index is -0.307. The highest BCUT2D eigenvalue weighted by atomic mass is 16.5. The molecule has 0 fully saturated rings. The van der Waals surface area contributed by atoms with Gasteiger partial charge in [0.2, 0.25) is 12.2 Å². The normalized spacial score (nSPS) is 10.7. The van der Waals surface area contributed by atoms with Gasteiger partial charge in [-0.15, -0.1) is 0 Å². The van der Waals surface area contributed by atoms with Crippen LogP contribution in [-0.2, 0) is 11.8 Å². The molecule has 4 rings (SSSR count). The number of anilines is 2. The molecule has 10 heteroatoms. The molecule has 0 aliphatic rings. The molecule has 2 aromatic heterocycles. The van der Waals surface area contributed by atoms with Crippen LogP contribution in [0.4, 0.5) is 11.4 Å². The Morgan fingerprint density at radius 2 is 1.76 bits per heavy atom. The summed E-state index contributed by atoms with van der Waals surface area (Å²) in [5.41, 5.74) is 3.81. The fourth-order valence-electron chi connectivity index (χ4n) is 3.58. The number of fused-ring (bicyclic) bond motifs is 1. The van der Waals surface area contributed by atoms with Gasteiger partial charge in [-0.25, -0.2) is 4.98 Å². The molecule has 4 aromatic rings. The van der Waals surface area contributed by atoms with Crippen LogP contribution in [0.2, 0.25) is 0 Å². The van der Waals surface area contributed by atoms with E-state index in [1.807, 2.05) is 17.7 Å². The number of carbonyl (C=O) groups is 2. The Labute approximate surface area is 189 Å². The summed E-state index contributed by atoms with van der Waals surface area (Å²) in [6.07, 6.45) is 2.41. The number of benzene rings is 2. The van der Waals surface area contributed by atoms with E-state index in [4.69, 9.17) is 14.2 Å². The van der Waals surface area contributed by atoms with Crippen molar-refractivity contribution in [1.29, 1.82) is 0 Å². The first-order chi connectivity index (χ1) is 16.0. The van der Waals surface area contributed by atoms with Gasteiger partial charge in [-0.05, 0) is 24.3 Å². The van der Waals surface area contributed by atoms with E-state index < -0.39 is 0 Å². The lowest BCUT2D eigenvalue weighted by molar-refractivity contribution is -0.105. The van der Waals surface area contributed by atoms with Crippen LogP contribution in [0.1, 0.15) is 10.4 Å². The summed E-state index contributed by atoms with van der Waals surface area (Å²) < 4.78 is 17.8. The number of imidazole rings is 1. The van der Waals surface area contributed by atoms with E-state index in [-0.39, 0.29) is 5.91 Å². The van der Waals surface area contributed by atoms with Crippen molar-refractivity contribution in [1.82, 2.24) is 14.5 Å². The van der Waals surface area contributed by atoms with E-state index in [0.717, 1.165) is 5.69 Å². The molecule has 0 bridgehead atoms. The number of carbonyl (C=O) groups excluding carboxylic acids is 2. The molecular formula is C23H23N5O5. The van der Waals surface area contributed by atoms with E-state index in [1.165, 1.54) is 21.3 Å². The summed E-state index contributed by atoms with van der Waals surface area (Å²) in [5, 5.41) is 5.48. The first-order valence-electron chi connectivity index (χ1n) is 9.95. The van der Waals surface area contributed by atoms with E-state index in [1.54, 1.807) is 36.5 Å². The largest absolute Gasteiger partial charge is 0.493 e. The summed E-state index contributed by atoms with van der Waals surface area (Å²) >= 11 is 0. The molecule has 2 heterocycles. The topological polar surface area (TPSA) is 120 Å². The maximum Gasteiger partial charge on any atom is 0.255 e.